The largest absolute Gasteiger partial charge is 0.369 e. The number of fused-ring (bicyclic) bond motifs is 2. The van der Waals surface area contributed by atoms with Crippen LogP contribution >= 0.6 is 0 Å². The standard InChI is InChI=1S/C14H13N3O3/c1-14(13(15)18)6-9-4-8-2-3-12(17(19)20)16-11(8)5-10(9)7-14/h2-5H,6-7H2,1H3,(H2,15,18). The van der Waals surface area contributed by atoms with Crippen LogP contribution in [0.15, 0.2) is 24.3 Å². The van der Waals surface area contributed by atoms with Crippen LogP contribution in [0.1, 0.15) is 18.1 Å². The number of aromatic nitrogens is 1. The van der Waals surface area contributed by atoms with Gasteiger partial charge in [-0.2, -0.15) is 0 Å². The van der Waals surface area contributed by atoms with Crippen LogP contribution < -0.4 is 5.73 Å². The average Bonchev–Trinajstić information content (AvgIpc) is 2.71. The van der Waals surface area contributed by atoms with Gasteiger partial charge in [-0.15, -0.1) is 0 Å². The second-order valence-corrected chi connectivity index (χ2v) is 5.52. The Morgan fingerprint density at radius 3 is 2.60 bits per heavy atom. The average molecular weight is 271 g/mol. The number of nitrogens with two attached hydrogens (primary N) is 1. The molecule has 0 saturated carbocycles. The van der Waals surface area contributed by atoms with Crippen LogP contribution in [0.2, 0.25) is 0 Å². The zero-order chi connectivity index (χ0) is 14.5. The van der Waals surface area contributed by atoms with Crippen molar-refractivity contribution in [3.8, 4) is 0 Å². The van der Waals surface area contributed by atoms with Gasteiger partial charge in [0.1, 0.15) is 0 Å². The molecule has 0 aliphatic heterocycles. The Morgan fingerprint density at radius 2 is 2.00 bits per heavy atom. The first-order valence-electron chi connectivity index (χ1n) is 6.26. The number of benzene rings is 1. The van der Waals surface area contributed by atoms with Crippen molar-refractivity contribution < 1.29 is 9.72 Å². The summed E-state index contributed by atoms with van der Waals surface area (Å²) in [7, 11) is 0. The van der Waals surface area contributed by atoms with Crippen LogP contribution in [0, 0.1) is 15.5 Å². The number of rotatable bonds is 2. The summed E-state index contributed by atoms with van der Waals surface area (Å²) in [6, 6.07) is 6.83. The van der Waals surface area contributed by atoms with Gasteiger partial charge < -0.3 is 15.8 Å². The van der Waals surface area contributed by atoms with Crippen molar-refractivity contribution in [2.24, 2.45) is 11.1 Å². The van der Waals surface area contributed by atoms with Crippen LogP contribution in [-0.2, 0) is 17.6 Å². The smallest absolute Gasteiger partial charge is 0.364 e. The third kappa shape index (κ3) is 1.80. The van der Waals surface area contributed by atoms with Gasteiger partial charge in [0.25, 0.3) is 0 Å². The maximum atomic E-state index is 11.5. The molecular weight excluding hydrogens is 258 g/mol. The maximum absolute atomic E-state index is 11.5. The van der Waals surface area contributed by atoms with Gasteiger partial charge in [0.05, 0.1) is 5.41 Å². The minimum Gasteiger partial charge on any atom is -0.369 e. The Kier molecular flexibility index (Phi) is 2.50. The fraction of sp³-hybridized carbons (Fsp3) is 0.286. The van der Waals surface area contributed by atoms with E-state index in [2.05, 4.69) is 4.98 Å². The predicted molar refractivity (Wildman–Crippen MR) is 73.1 cm³/mol. The minimum atomic E-state index is -0.578. The zero-order valence-corrected chi connectivity index (χ0v) is 10.9. The lowest BCUT2D eigenvalue weighted by molar-refractivity contribution is -0.389. The highest BCUT2D eigenvalue weighted by molar-refractivity contribution is 5.85. The molecule has 2 aromatic rings. The second-order valence-electron chi connectivity index (χ2n) is 5.52. The highest BCUT2D eigenvalue weighted by Crippen LogP contribution is 2.38. The topological polar surface area (TPSA) is 99.1 Å². The lowest BCUT2D eigenvalue weighted by atomic mass is 9.87. The van der Waals surface area contributed by atoms with Gasteiger partial charge in [0, 0.05) is 11.5 Å². The molecule has 1 aromatic carbocycles. The summed E-state index contributed by atoms with van der Waals surface area (Å²) < 4.78 is 0. The molecule has 0 bridgehead atoms. The van der Waals surface area contributed by atoms with Gasteiger partial charge in [0.2, 0.25) is 5.91 Å². The summed E-state index contributed by atoms with van der Waals surface area (Å²) in [5, 5.41) is 11.6. The first kappa shape index (κ1) is 12.5. The molecule has 1 atom stereocenters. The molecule has 1 heterocycles. The van der Waals surface area contributed by atoms with Crippen molar-refractivity contribution in [1.82, 2.24) is 4.98 Å². The SMILES string of the molecule is CC1(C(N)=O)Cc2cc3ccc([N+](=O)[O-])nc3cc2C1. The molecular formula is C14H13N3O3. The number of carbonyl (C=O) groups is 1. The van der Waals surface area contributed by atoms with Crippen LogP contribution in [0.4, 0.5) is 5.82 Å². The Hall–Kier alpha value is -2.50. The van der Waals surface area contributed by atoms with Gasteiger partial charge in [-0.1, -0.05) is 6.92 Å². The van der Waals surface area contributed by atoms with E-state index in [0.29, 0.717) is 18.4 Å². The molecule has 0 fully saturated rings. The third-order valence-corrected chi connectivity index (χ3v) is 3.94. The molecule has 20 heavy (non-hydrogen) atoms. The number of primary amides is 1. The molecule has 0 radical (unpaired) electrons. The molecule has 1 aromatic heterocycles. The van der Waals surface area contributed by atoms with E-state index >= 15 is 0 Å². The fourth-order valence-corrected chi connectivity index (χ4v) is 2.76. The number of amides is 1. The predicted octanol–water partition coefficient (Wildman–Crippen LogP) is 1.73. The number of hydrogen-bond donors (Lipinski definition) is 1. The fourth-order valence-electron chi connectivity index (χ4n) is 2.76. The normalized spacial score (nSPS) is 20.9. The highest BCUT2D eigenvalue weighted by atomic mass is 16.6. The van der Waals surface area contributed by atoms with Crippen molar-refractivity contribution in [2.75, 3.05) is 0 Å². The molecule has 2 N–H and O–H groups in total. The van der Waals surface area contributed by atoms with Crippen molar-refractivity contribution in [2.45, 2.75) is 19.8 Å². The highest BCUT2D eigenvalue weighted by Gasteiger charge is 2.38. The number of nitro groups is 1. The first-order chi connectivity index (χ1) is 9.39. The minimum absolute atomic E-state index is 0.173. The first-order valence-corrected chi connectivity index (χ1v) is 6.26. The molecule has 102 valence electrons. The summed E-state index contributed by atoms with van der Waals surface area (Å²) in [5.74, 6) is -0.496. The molecule has 1 amide bonds. The van der Waals surface area contributed by atoms with E-state index in [4.69, 9.17) is 5.73 Å². The number of hydrogen-bond acceptors (Lipinski definition) is 4. The van der Waals surface area contributed by atoms with E-state index in [1.807, 2.05) is 19.1 Å². The van der Waals surface area contributed by atoms with Crippen molar-refractivity contribution in [3.05, 3.63) is 45.5 Å². The Morgan fingerprint density at radius 1 is 1.35 bits per heavy atom. The number of carbonyl (C=O) groups excluding carboxylic acids is 1. The summed E-state index contributed by atoms with van der Waals surface area (Å²) >= 11 is 0. The Balaban J connectivity index is 2.12. The van der Waals surface area contributed by atoms with Crippen molar-refractivity contribution in [3.63, 3.8) is 0 Å². The molecule has 1 aliphatic rings. The maximum Gasteiger partial charge on any atom is 0.364 e. The second kappa shape index (κ2) is 4.00. The van der Waals surface area contributed by atoms with Gasteiger partial charge in [0.15, 0.2) is 5.52 Å². The molecule has 0 spiro atoms. The quantitative estimate of drug-likeness (QED) is 0.664. The van der Waals surface area contributed by atoms with E-state index < -0.39 is 10.3 Å². The van der Waals surface area contributed by atoms with Gasteiger partial charge in [-0.3, -0.25) is 4.79 Å². The lowest BCUT2D eigenvalue weighted by Crippen LogP contribution is -2.34. The third-order valence-electron chi connectivity index (χ3n) is 3.94. The molecule has 6 heteroatoms. The molecule has 3 rings (SSSR count). The van der Waals surface area contributed by atoms with Gasteiger partial charge >= 0.3 is 5.82 Å². The van der Waals surface area contributed by atoms with E-state index in [1.54, 1.807) is 6.07 Å². The van der Waals surface area contributed by atoms with Crippen molar-refractivity contribution >= 4 is 22.6 Å². The molecule has 0 saturated heterocycles. The van der Waals surface area contributed by atoms with Crippen LogP contribution in [0.25, 0.3) is 10.9 Å². The van der Waals surface area contributed by atoms with Gasteiger partial charge in [-0.05, 0) is 52.1 Å². The summed E-state index contributed by atoms with van der Waals surface area (Å²) in [5.41, 5.74) is 7.51. The molecule has 6 nitrogen and oxygen atoms in total. The summed E-state index contributed by atoms with van der Waals surface area (Å²) in [4.78, 5) is 25.8. The number of pyridine rings is 1. The van der Waals surface area contributed by atoms with Crippen molar-refractivity contribution in [1.29, 1.82) is 0 Å². The van der Waals surface area contributed by atoms with Crippen LogP contribution in [-0.4, -0.2) is 15.8 Å². The molecule has 1 aliphatic carbocycles. The zero-order valence-electron chi connectivity index (χ0n) is 10.9. The molecule has 1 unspecified atom stereocenters. The lowest BCUT2D eigenvalue weighted by Gasteiger charge is -2.17. The van der Waals surface area contributed by atoms with E-state index in [0.717, 1.165) is 16.5 Å². The summed E-state index contributed by atoms with van der Waals surface area (Å²) in [6.45, 7) is 1.84. The van der Waals surface area contributed by atoms with Crippen LogP contribution in [0.3, 0.4) is 0 Å². The monoisotopic (exact) mass is 271 g/mol. The number of nitrogens with zero attached hydrogens (tertiary/aromatic N) is 2. The van der Waals surface area contributed by atoms with E-state index in [-0.39, 0.29) is 11.7 Å². The van der Waals surface area contributed by atoms with E-state index in [9.17, 15) is 14.9 Å². The van der Waals surface area contributed by atoms with E-state index in [1.165, 1.54) is 6.07 Å². The van der Waals surface area contributed by atoms with Crippen LogP contribution in [0.5, 0.6) is 0 Å². The Bertz CT molecular complexity index is 757. The summed E-state index contributed by atoms with van der Waals surface area (Å²) in [6.07, 6.45) is 1.16. The Labute approximate surface area is 114 Å². The van der Waals surface area contributed by atoms with Gasteiger partial charge in [-0.25, -0.2) is 0 Å².